The molecule has 10 aromatic heterocycles. The van der Waals surface area contributed by atoms with Crippen LogP contribution in [0, 0.1) is 0 Å². The fraction of sp³-hybridized carbons (Fsp3) is 0. The smallest absolute Gasteiger partial charge is 0.178 e. The quantitative estimate of drug-likeness (QED) is 0.137. The predicted molar refractivity (Wildman–Crippen MR) is 551 cm³/mol. The summed E-state index contributed by atoms with van der Waals surface area (Å²) >= 11 is 0. The average Bonchev–Trinajstić information content (AvgIpc) is 1.55. The monoisotopic (exact) mass is 1720 g/mol. The van der Waals surface area contributed by atoms with Crippen LogP contribution in [0.3, 0.4) is 0 Å². The minimum Gasteiger partial charge on any atom is -0.292 e. The summed E-state index contributed by atoms with van der Waals surface area (Å²) in [5.41, 5.74) is 37.2. The molecule has 0 amide bonds. The fourth-order valence-corrected chi connectivity index (χ4v) is 21.6. The van der Waals surface area contributed by atoms with Gasteiger partial charge in [0.25, 0.3) is 0 Å². The Morgan fingerprint density at radius 3 is 0.963 bits per heavy atom. The largest absolute Gasteiger partial charge is 0.292 e. The molecule has 10 heterocycles. The van der Waals surface area contributed by atoms with Gasteiger partial charge >= 0.3 is 0 Å². The van der Waals surface area contributed by atoms with Gasteiger partial charge in [0.1, 0.15) is 28.1 Å². The predicted octanol–water partition coefficient (Wildman–Crippen LogP) is 30.2. The number of aromatic nitrogens is 13. The first kappa shape index (κ1) is 75.5. The van der Waals surface area contributed by atoms with E-state index in [1.807, 2.05) is 103 Å². The summed E-state index contributed by atoms with van der Waals surface area (Å²) < 4.78 is 6.92. The van der Waals surface area contributed by atoms with Gasteiger partial charge in [0.15, 0.2) is 23.1 Å². The molecule has 13 heteroatoms. The Hall–Kier alpha value is -18.5. The lowest BCUT2D eigenvalue weighted by Crippen LogP contribution is -2.05. The van der Waals surface area contributed by atoms with Crippen LogP contribution in [-0.4, -0.2) is 63.5 Å². The lowest BCUT2D eigenvalue weighted by atomic mass is 9.93. The first-order valence-electron chi connectivity index (χ1n) is 45.5. The summed E-state index contributed by atoms with van der Waals surface area (Å²) in [6, 6.07) is 145. The number of fused-ring (bicyclic) bond motifs is 12. The SMILES string of the molecule is c1ccc(-c2cccc(-c3nc4ccccc4nc3-n3c4cccc5c4c4c6c(cccc6ccc43)-c3ccccc3-5)c2)cc1.c1ccc(-c2cccc(-c3nc4cnccc4nc3-n3c4cccc5c4c4c6c(cccc6ccc43)-c3ccccc3-5)n2)cc1.c1ccc(-c2cccc(-c3nc4ncccc4nc3-n3c4cccc5c4c4c6c(cccc6ccc43)-c3ccccc3-5)n2)cc1. The number of hydrogen-bond acceptors (Lipinski definition) is 10. The zero-order valence-corrected chi connectivity index (χ0v) is 72.3. The van der Waals surface area contributed by atoms with Crippen molar-refractivity contribution in [3.63, 3.8) is 0 Å². The molecular weight excluding hydrogens is 1650 g/mol. The Kier molecular flexibility index (Phi) is 16.8. The topological polar surface area (TPSA) is 144 Å². The van der Waals surface area contributed by atoms with Gasteiger partial charge in [0.2, 0.25) is 0 Å². The second-order valence-corrected chi connectivity index (χ2v) is 34.7. The molecular formula is C122H71N13. The second kappa shape index (κ2) is 30.1. The van der Waals surface area contributed by atoms with Crippen LogP contribution < -0.4 is 0 Å². The summed E-state index contributed by atoms with van der Waals surface area (Å²) in [6.07, 6.45) is 5.31. The highest BCUT2D eigenvalue weighted by atomic mass is 15.1. The lowest BCUT2D eigenvalue weighted by Gasteiger charge is -2.16. The van der Waals surface area contributed by atoms with Crippen molar-refractivity contribution in [1.82, 2.24) is 63.5 Å². The zero-order chi connectivity index (χ0) is 88.5. The average molecular weight is 1720 g/mol. The van der Waals surface area contributed by atoms with Crippen molar-refractivity contribution in [3.05, 3.63) is 431 Å². The third kappa shape index (κ3) is 11.7. The molecule has 3 aliphatic rings. The maximum absolute atomic E-state index is 5.39. The van der Waals surface area contributed by atoms with E-state index < -0.39 is 0 Å². The molecule has 624 valence electrons. The van der Waals surface area contributed by atoms with Crippen molar-refractivity contribution in [1.29, 1.82) is 0 Å². The molecule has 27 aromatic rings. The Morgan fingerprint density at radius 2 is 0.496 bits per heavy atom. The van der Waals surface area contributed by atoms with Gasteiger partial charge in [-0.2, -0.15) is 0 Å². The molecule has 0 atom stereocenters. The molecule has 135 heavy (non-hydrogen) atoms. The van der Waals surface area contributed by atoms with Gasteiger partial charge < -0.3 is 0 Å². The number of nitrogens with zero attached hydrogens (tertiary/aromatic N) is 13. The Morgan fingerprint density at radius 1 is 0.170 bits per heavy atom. The van der Waals surface area contributed by atoms with Gasteiger partial charge in [0, 0.05) is 61.4 Å². The second-order valence-electron chi connectivity index (χ2n) is 34.7. The van der Waals surface area contributed by atoms with E-state index in [4.69, 9.17) is 39.9 Å². The molecule has 0 spiro atoms. The summed E-state index contributed by atoms with van der Waals surface area (Å²) in [5.74, 6) is 2.31. The van der Waals surface area contributed by atoms with Gasteiger partial charge in [0.05, 0.1) is 78.6 Å². The maximum Gasteiger partial charge on any atom is 0.178 e. The third-order valence-electron chi connectivity index (χ3n) is 27.3. The molecule has 0 radical (unpaired) electrons. The summed E-state index contributed by atoms with van der Waals surface area (Å²) in [6.45, 7) is 0. The highest BCUT2D eigenvalue weighted by Gasteiger charge is 2.33. The van der Waals surface area contributed by atoms with Crippen LogP contribution in [0.2, 0.25) is 0 Å². The van der Waals surface area contributed by atoms with Crippen molar-refractivity contribution in [2.75, 3.05) is 0 Å². The Bertz CT molecular complexity index is 8840. The van der Waals surface area contributed by atoms with Crippen LogP contribution in [0.15, 0.2) is 431 Å². The summed E-state index contributed by atoms with van der Waals surface area (Å²) in [7, 11) is 0. The van der Waals surface area contributed by atoms with Gasteiger partial charge in [-0.1, -0.05) is 315 Å². The van der Waals surface area contributed by atoms with Gasteiger partial charge in [-0.15, -0.1) is 0 Å². The van der Waals surface area contributed by atoms with E-state index in [0.717, 1.165) is 129 Å². The zero-order valence-electron chi connectivity index (χ0n) is 72.3. The highest BCUT2D eigenvalue weighted by molar-refractivity contribution is 6.34. The number of benzene rings is 17. The summed E-state index contributed by atoms with van der Waals surface area (Å²) in [5, 5.41) is 14.9. The third-order valence-corrected chi connectivity index (χ3v) is 27.3. The first-order valence-corrected chi connectivity index (χ1v) is 45.5. The number of hydrogen-bond donors (Lipinski definition) is 0. The first-order chi connectivity index (χ1) is 67.0. The van der Waals surface area contributed by atoms with Crippen LogP contribution in [-0.2, 0) is 0 Å². The van der Waals surface area contributed by atoms with Crippen LogP contribution in [0.4, 0.5) is 0 Å². The molecule has 0 saturated heterocycles. The minimum atomic E-state index is 0.590. The fourth-order valence-electron chi connectivity index (χ4n) is 21.6. The molecule has 13 nitrogen and oxygen atoms in total. The van der Waals surface area contributed by atoms with Crippen LogP contribution in [0.1, 0.15) is 0 Å². The van der Waals surface area contributed by atoms with E-state index in [1.165, 1.54) is 137 Å². The van der Waals surface area contributed by atoms with E-state index >= 15 is 0 Å². The number of pyridine rings is 4. The molecule has 30 rings (SSSR count). The van der Waals surface area contributed by atoms with E-state index in [2.05, 4.69) is 333 Å². The highest BCUT2D eigenvalue weighted by Crippen LogP contribution is 2.55. The van der Waals surface area contributed by atoms with E-state index in [1.54, 1.807) is 18.6 Å². The van der Waals surface area contributed by atoms with Crippen molar-refractivity contribution in [2.24, 2.45) is 0 Å². The summed E-state index contributed by atoms with van der Waals surface area (Å²) in [4.78, 5) is 50.9. The number of para-hydroxylation sites is 2. The molecule has 0 saturated carbocycles. The van der Waals surface area contributed by atoms with Crippen molar-refractivity contribution in [3.8, 4) is 152 Å². The molecule has 0 N–H and O–H groups in total. The van der Waals surface area contributed by atoms with Crippen molar-refractivity contribution < 1.29 is 0 Å². The van der Waals surface area contributed by atoms with Crippen LogP contribution >= 0.6 is 0 Å². The minimum absolute atomic E-state index is 0.590. The maximum atomic E-state index is 5.39. The molecule has 0 unspecified atom stereocenters. The molecule has 0 bridgehead atoms. The van der Waals surface area contributed by atoms with E-state index in [0.29, 0.717) is 17.0 Å². The number of rotatable bonds is 9. The van der Waals surface area contributed by atoms with Crippen LogP contribution in [0.25, 0.3) is 283 Å². The van der Waals surface area contributed by atoms with E-state index in [9.17, 15) is 0 Å². The van der Waals surface area contributed by atoms with Crippen LogP contribution in [0.5, 0.6) is 0 Å². The lowest BCUT2D eigenvalue weighted by molar-refractivity contribution is 1.06. The van der Waals surface area contributed by atoms with E-state index in [-0.39, 0.29) is 0 Å². The van der Waals surface area contributed by atoms with Crippen molar-refractivity contribution in [2.45, 2.75) is 0 Å². The van der Waals surface area contributed by atoms with Gasteiger partial charge in [-0.3, -0.25) is 18.7 Å². The Balaban J connectivity index is 0.000000101. The Labute approximate surface area is 772 Å². The molecule has 3 aliphatic carbocycles. The normalized spacial score (nSPS) is 12.0. The molecule has 0 fully saturated rings. The van der Waals surface area contributed by atoms with Gasteiger partial charge in [-0.25, -0.2) is 44.9 Å². The molecule has 17 aromatic carbocycles. The van der Waals surface area contributed by atoms with Gasteiger partial charge in [-0.05, 0) is 207 Å². The van der Waals surface area contributed by atoms with Crippen molar-refractivity contribution >= 4 is 131 Å². The molecule has 0 aliphatic heterocycles. The standard InChI is InChI=1S/C42H25N3.2C40H23N5/c1-2-11-26(12-3-1)28-14-8-15-29(25-28)41-42(44-35-21-7-6-20-34(35)43-41)45-36-22-10-19-33-31-17-5-4-16-30(31)32-18-9-13-27-23-24-37(45)40(38(27)32)39(33)36;1-2-10-24(11-3-1)30-17-8-18-31(42-30)38-40(43-32-19-9-23-41-39(32)44-38)45-33-20-7-16-29-27-14-5-4-13-26(27)28-15-6-12-25-21-22-34(45)37(35(25)28)36(29)33;1-2-9-24(10-3-1)30-16-8-17-32(42-30)39-40(44-31-21-22-41-23-33(31)43-39)45-34-18-7-15-29-27-13-5-4-12-26(27)28-14-6-11-25-19-20-35(45)38(36(25)28)37(29)34/h1-25H;2*1-23H.